The first-order valence-corrected chi connectivity index (χ1v) is 7.79. The Bertz CT molecular complexity index is 484. The van der Waals surface area contributed by atoms with Gasteiger partial charge in [0.05, 0.1) is 14.2 Å². The molecule has 5 nitrogen and oxygen atoms in total. The predicted octanol–water partition coefficient (Wildman–Crippen LogP) is 2.57. The highest BCUT2D eigenvalue weighted by Gasteiger charge is 2.35. The van der Waals surface area contributed by atoms with Gasteiger partial charge in [0.1, 0.15) is 11.4 Å². The lowest BCUT2D eigenvalue weighted by Gasteiger charge is -2.40. The summed E-state index contributed by atoms with van der Waals surface area (Å²) in [5.74, 6) is 0.559. The number of carbonyl (C=O) groups is 1. The van der Waals surface area contributed by atoms with E-state index in [1.54, 1.807) is 12.1 Å². The number of methoxy groups -OCH3 is 2. The summed E-state index contributed by atoms with van der Waals surface area (Å²) in [5.41, 5.74) is 0.337. The van der Waals surface area contributed by atoms with Crippen molar-refractivity contribution in [2.75, 3.05) is 32.3 Å². The summed E-state index contributed by atoms with van der Waals surface area (Å²) >= 11 is 1.90. The number of carbonyl (C=O) groups excluding carboxylic acids is 1. The van der Waals surface area contributed by atoms with Crippen molar-refractivity contribution < 1.29 is 14.3 Å². The molecule has 20 heavy (non-hydrogen) atoms. The van der Waals surface area contributed by atoms with Crippen LogP contribution in [-0.4, -0.2) is 42.7 Å². The Morgan fingerprint density at radius 3 is 2.70 bits per heavy atom. The topological polar surface area (TPSA) is 60.5 Å². The first kappa shape index (κ1) is 15.0. The van der Waals surface area contributed by atoms with E-state index in [1.165, 1.54) is 33.5 Å². The van der Waals surface area contributed by atoms with Gasteiger partial charge >= 0.3 is 5.97 Å². The van der Waals surface area contributed by atoms with E-state index >= 15 is 0 Å². The number of nitrogens with one attached hydrogen (secondary N) is 1. The maximum absolute atomic E-state index is 11.6. The average Bonchev–Trinajstić information content (AvgIpc) is 2.45. The number of nitrogens with zero attached hydrogens (tertiary/aromatic N) is 1. The molecule has 0 bridgehead atoms. The van der Waals surface area contributed by atoms with Crippen molar-refractivity contribution in [2.24, 2.45) is 0 Å². The van der Waals surface area contributed by atoms with Gasteiger partial charge in [0.15, 0.2) is 0 Å². The Hall–Kier alpha value is -1.43. The number of thioether (sulfide) groups is 1. The molecule has 1 aromatic rings. The van der Waals surface area contributed by atoms with Crippen molar-refractivity contribution in [1.29, 1.82) is 0 Å². The van der Waals surface area contributed by atoms with Crippen LogP contribution in [0.15, 0.2) is 12.1 Å². The lowest BCUT2D eigenvalue weighted by molar-refractivity contribution is 0.0596. The van der Waals surface area contributed by atoms with Crippen molar-refractivity contribution in [3.8, 4) is 5.88 Å². The molecule has 0 unspecified atom stereocenters. The van der Waals surface area contributed by atoms with Gasteiger partial charge in [0.2, 0.25) is 5.88 Å². The summed E-state index contributed by atoms with van der Waals surface area (Å²) < 4.78 is 10.2. The number of hydrogen-bond donors (Lipinski definition) is 1. The molecular formula is C14H20N2O3S. The summed E-state index contributed by atoms with van der Waals surface area (Å²) in [6, 6.07) is 3.45. The maximum atomic E-state index is 11.6. The quantitative estimate of drug-likeness (QED) is 0.814. The van der Waals surface area contributed by atoms with Gasteiger partial charge in [-0.2, -0.15) is 16.7 Å². The van der Waals surface area contributed by atoms with Gasteiger partial charge in [-0.15, -0.1) is 0 Å². The number of rotatable bonds is 6. The van der Waals surface area contributed by atoms with Gasteiger partial charge in [-0.25, -0.2) is 4.79 Å². The number of esters is 1. The molecule has 1 saturated carbocycles. The fourth-order valence-electron chi connectivity index (χ4n) is 2.24. The zero-order valence-electron chi connectivity index (χ0n) is 12.1. The summed E-state index contributed by atoms with van der Waals surface area (Å²) in [4.78, 5) is 15.9. The van der Waals surface area contributed by atoms with E-state index in [4.69, 9.17) is 9.47 Å². The van der Waals surface area contributed by atoms with E-state index in [1.807, 2.05) is 11.8 Å². The smallest absolute Gasteiger partial charge is 0.343 e. The van der Waals surface area contributed by atoms with E-state index in [9.17, 15) is 4.79 Å². The normalized spacial score (nSPS) is 16.1. The molecule has 0 aromatic carbocycles. The Morgan fingerprint density at radius 2 is 2.20 bits per heavy atom. The molecule has 0 saturated heterocycles. The molecule has 110 valence electrons. The monoisotopic (exact) mass is 296 g/mol. The molecule has 1 aliphatic rings. The van der Waals surface area contributed by atoms with E-state index in [0.717, 1.165) is 12.4 Å². The largest absolute Gasteiger partial charge is 0.480 e. The number of aromatic nitrogens is 1. The zero-order valence-corrected chi connectivity index (χ0v) is 12.9. The van der Waals surface area contributed by atoms with Crippen LogP contribution in [0.5, 0.6) is 5.88 Å². The van der Waals surface area contributed by atoms with Crippen LogP contribution in [0.3, 0.4) is 0 Å². The minimum absolute atomic E-state index is 0.286. The Balaban J connectivity index is 2.07. The van der Waals surface area contributed by atoms with Crippen LogP contribution in [-0.2, 0) is 4.74 Å². The molecule has 1 heterocycles. The number of anilines is 1. The Labute approximate surface area is 123 Å². The average molecular weight is 296 g/mol. The highest BCUT2D eigenvalue weighted by molar-refractivity contribution is 8.00. The van der Waals surface area contributed by atoms with Gasteiger partial charge < -0.3 is 14.8 Å². The van der Waals surface area contributed by atoms with Gasteiger partial charge in [-0.1, -0.05) is 6.42 Å². The Kier molecular flexibility index (Phi) is 4.75. The van der Waals surface area contributed by atoms with Crippen molar-refractivity contribution in [3.05, 3.63) is 17.7 Å². The zero-order chi connectivity index (χ0) is 14.6. The van der Waals surface area contributed by atoms with Crippen LogP contribution >= 0.6 is 11.8 Å². The maximum Gasteiger partial charge on any atom is 0.343 e. The highest BCUT2D eigenvalue weighted by atomic mass is 32.2. The molecule has 1 aliphatic carbocycles. The second-order valence-corrected chi connectivity index (χ2v) is 6.11. The first-order valence-electron chi connectivity index (χ1n) is 6.56. The number of pyridine rings is 1. The predicted molar refractivity (Wildman–Crippen MR) is 80.7 cm³/mol. The molecular weight excluding hydrogens is 276 g/mol. The fourth-order valence-corrected chi connectivity index (χ4v) is 3.15. The molecule has 1 fully saturated rings. The van der Waals surface area contributed by atoms with Crippen molar-refractivity contribution in [3.63, 3.8) is 0 Å². The van der Waals surface area contributed by atoms with Crippen LogP contribution in [0.2, 0.25) is 0 Å². The van der Waals surface area contributed by atoms with Crippen molar-refractivity contribution in [1.82, 2.24) is 4.98 Å². The van der Waals surface area contributed by atoms with Crippen LogP contribution < -0.4 is 10.1 Å². The standard InChI is InChI=1S/C14H20N2O3S/c1-18-12-10(13(17)19-2)5-6-11(16-12)15-9-14(20-3)7-4-8-14/h5-6H,4,7-9H2,1-3H3,(H,15,16). The van der Waals surface area contributed by atoms with Gasteiger partial charge in [0, 0.05) is 11.3 Å². The van der Waals surface area contributed by atoms with E-state index in [2.05, 4.69) is 16.6 Å². The summed E-state index contributed by atoms with van der Waals surface area (Å²) in [7, 11) is 2.83. The second-order valence-electron chi connectivity index (χ2n) is 4.84. The Morgan fingerprint density at radius 1 is 1.45 bits per heavy atom. The minimum Gasteiger partial charge on any atom is -0.480 e. The third-order valence-electron chi connectivity index (χ3n) is 3.75. The second kappa shape index (κ2) is 6.35. The third kappa shape index (κ3) is 3.00. The minimum atomic E-state index is -0.444. The van der Waals surface area contributed by atoms with Crippen LogP contribution in [0.1, 0.15) is 29.6 Å². The van der Waals surface area contributed by atoms with Crippen molar-refractivity contribution in [2.45, 2.75) is 24.0 Å². The molecule has 0 spiro atoms. The fraction of sp³-hybridized carbons (Fsp3) is 0.571. The SMILES string of the molecule is COC(=O)c1ccc(NCC2(SC)CCC2)nc1OC. The van der Waals surface area contributed by atoms with E-state index in [0.29, 0.717) is 10.3 Å². The summed E-state index contributed by atoms with van der Waals surface area (Å²) in [5, 5.41) is 3.33. The molecule has 0 aliphatic heterocycles. The van der Waals surface area contributed by atoms with Crippen LogP contribution in [0.4, 0.5) is 5.82 Å². The summed E-state index contributed by atoms with van der Waals surface area (Å²) in [6.07, 6.45) is 5.91. The molecule has 6 heteroatoms. The molecule has 1 N–H and O–H groups in total. The first-order chi connectivity index (χ1) is 9.64. The van der Waals surface area contributed by atoms with Crippen LogP contribution in [0.25, 0.3) is 0 Å². The molecule has 1 aromatic heterocycles. The molecule has 0 atom stereocenters. The van der Waals surface area contributed by atoms with Crippen LogP contribution in [0, 0.1) is 0 Å². The molecule has 2 rings (SSSR count). The van der Waals surface area contributed by atoms with Crippen molar-refractivity contribution >= 4 is 23.5 Å². The summed E-state index contributed by atoms with van der Waals surface area (Å²) in [6.45, 7) is 0.877. The lowest BCUT2D eigenvalue weighted by Crippen LogP contribution is -2.40. The van der Waals surface area contributed by atoms with Gasteiger partial charge in [-0.05, 0) is 31.2 Å². The van der Waals surface area contributed by atoms with Gasteiger partial charge in [-0.3, -0.25) is 0 Å². The van der Waals surface area contributed by atoms with E-state index < -0.39 is 5.97 Å². The number of ether oxygens (including phenoxy) is 2. The lowest BCUT2D eigenvalue weighted by atomic mass is 9.84. The third-order valence-corrected chi connectivity index (χ3v) is 5.17. The molecule has 0 amide bonds. The number of hydrogen-bond acceptors (Lipinski definition) is 6. The van der Waals surface area contributed by atoms with E-state index in [-0.39, 0.29) is 5.88 Å². The molecule has 0 radical (unpaired) electrons. The highest BCUT2D eigenvalue weighted by Crippen LogP contribution is 2.42. The van der Waals surface area contributed by atoms with Gasteiger partial charge in [0.25, 0.3) is 0 Å².